The zero-order valence-corrected chi connectivity index (χ0v) is 11.0. The van der Waals surface area contributed by atoms with Crippen molar-refractivity contribution in [3.8, 4) is 11.8 Å². The van der Waals surface area contributed by atoms with Crippen LogP contribution in [0.15, 0.2) is 18.2 Å². The van der Waals surface area contributed by atoms with Gasteiger partial charge in [-0.15, -0.1) is 0 Å². The normalized spacial score (nSPS) is 21.6. The molecule has 0 amide bonds. The molecule has 0 radical (unpaired) electrons. The van der Waals surface area contributed by atoms with E-state index in [1.54, 1.807) is 18.2 Å². The molecule has 0 N–H and O–H groups in total. The van der Waals surface area contributed by atoms with Gasteiger partial charge in [0.05, 0.1) is 12.2 Å². The Labute approximate surface area is 111 Å². The number of hydrogen-bond donors (Lipinski definition) is 0. The quantitative estimate of drug-likeness (QED) is 0.845. The third-order valence-electron chi connectivity index (χ3n) is 2.56. The molecule has 1 aromatic carbocycles. The van der Waals surface area contributed by atoms with Crippen LogP contribution < -0.4 is 4.74 Å². The molecule has 18 heavy (non-hydrogen) atoms. The van der Waals surface area contributed by atoms with Crippen molar-refractivity contribution < 1.29 is 14.2 Å². The van der Waals surface area contributed by atoms with E-state index in [2.05, 4.69) is 6.07 Å². The maximum Gasteiger partial charge on any atom is 0.163 e. The summed E-state index contributed by atoms with van der Waals surface area (Å²) >= 11 is 5.87. The van der Waals surface area contributed by atoms with E-state index in [0.29, 0.717) is 29.5 Å². The van der Waals surface area contributed by atoms with E-state index in [1.165, 1.54) is 0 Å². The highest BCUT2D eigenvalue weighted by molar-refractivity contribution is 6.30. The minimum absolute atomic E-state index is 0.134. The number of hydrogen-bond acceptors (Lipinski definition) is 4. The van der Waals surface area contributed by atoms with Crippen molar-refractivity contribution in [2.45, 2.75) is 25.7 Å². The fraction of sp³-hybridized carbons (Fsp3) is 0.462. The highest BCUT2D eigenvalue weighted by atomic mass is 35.5. The van der Waals surface area contributed by atoms with Crippen molar-refractivity contribution in [3.63, 3.8) is 0 Å². The van der Waals surface area contributed by atoms with Gasteiger partial charge in [-0.25, -0.2) is 0 Å². The van der Waals surface area contributed by atoms with Gasteiger partial charge in [0, 0.05) is 11.1 Å². The van der Waals surface area contributed by atoms with Crippen LogP contribution in [0.2, 0.25) is 5.02 Å². The first-order valence-corrected chi connectivity index (χ1v) is 6.02. The third kappa shape index (κ3) is 3.14. The summed E-state index contributed by atoms with van der Waals surface area (Å²) in [5.41, 5.74) is 0.456. The van der Waals surface area contributed by atoms with Gasteiger partial charge in [-0.1, -0.05) is 11.6 Å². The SMILES string of the molecule is CC1(C)OC[C@H](COc2cc(Cl)ccc2C#N)O1. The van der Waals surface area contributed by atoms with Crippen LogP contribution in [0.4, 0.5) is 0 Å². The Morgan fingerprint density at radius 2 is 2.33 bits per heavy atom. The zero-order chi connectivity index (χ0) is 13.2. The summed E-state index contributed by atoms with van der Waals surface area (Å²) in [5.74, 6) is -0.0984. The molecule has 1 heterocycles. The molecule has 1 aromatic rings. The smallest absolute Gasteiger partial charge is 0.163 e. The number of halogens is 1. The highest BCUT2D eigenvalue weighted by Gasteiger charge is 2.33. The van der Waals surface area contributed by atoms with Gasteiger partial charge in [-0.2, -0.15) is 5.26 Å². The maximum absolute atomic E-state index is 8.96. The lowest BCUT2D eigenvalue weighted by Gasteiger charge is -2.17. The van der Waals surface area contributed by atoms with Crippen molar-refractivity contribution in [1.29, 1.82) is 5.26 Å². The lowest BCUT2D eigenvalue weighted by atomic mass is 10.2. The van der Waals surface area contributed by atoms with Crippen LogP contribution >= 0.6 is 11.6 Å². The second kappa shape index (κ2) is 5.15. The monoisotopic (exact) mass is 267 g/mol. The molecule has 0 aliphatic carbocycles. The molecule has 1 atom stereocenters. The lowest BCUT2D eigenvalue weighted by Crippen LogP contribution is -2.25. The molecule has 1 aliphatic heterocycles. The minimum atomic E-state index is -0.569. The number of ether oxygens (including phenoxy) is 3. The Balaban J connectivity index is 1.99. The maximum atomic E-state index is 8.96. The lowest BCUT2D eigenvalue weighted by molar-refractivity contribution is -0.141. The van der Waals surface area contributed by atoms with Crippen LogP contribution in [0.1, 0.15) is 19.4 Å². The second-order valence-electron chi connectivity index (χ2n) is 4.51. The van der Waals surface area contributed by atoms with E-state index in [1.807, 2.05) is 13.8 Å². The van der Waals surface area contributed by atoms with E-state index < -0.39 is 5.79 Å². The predicted octanol–water partition coefficient (Wildman–Crippen LogP) is 2.74. The molecule has 5 heteroatoms. The van der Waals surface area contributed by atoms with Crippen molar-refractivity contribution in [1.82, 2.24) is 0 Å². The fourth-order valence-electron chi connectivity index (χ4n) is 1.74. The van der Waals surface area contributed by atoms with E-state index >= 15 is 0 Å². The highest BCUT2D eigenvalue weighted by Crippen LogP contribution is 2.26. The van der Waals surface area contributed by atoms with Gasteiger partial charge in [0.25, 0.3) is 0 Å². The molecule has 2 rings (SSSR count). The van der Waals surface area contributed by atoms with E-state index in [4.69, 9.17) is 31.1 Å². The molecule has 0 saturated carbocycles. The first-order valence-electron chi connectivity index (χ1n) is 5.64. The van der Waals surface area contributed by atoms with E-state index in [0.717, 1.165) is 0 Å². The Morgan fingerprint density at radius 1 is 1.56 bits per heavy atom. The summed E-state index contributed by atoms with van der Waals surface area (Å²) in [7, 11) is 0. The summed E-state index contributed by atoms with van der Waals surface area (Å²) in [5, 5.41) is 9.49. The molecule has 96 valence electrons. The first-order chi connectivity index (χ1) is 8.50. The van der Waals surface area contributed by atoms with Gasteiger partial charge < -0.3 is 14.2 Å². The van der Waals surface area contributed by atoms with Crippen molar-refractivity contribution in [3.05, 3.63) is 28.8 Å². The molecule has 0 aromatic heterocycles. The minimum Gasteiger partial charge on any atom is -0.489 e. The molecule has 0 unspecified atom stereocenters. The first kappa shape index (κ1) is 13.2. The molecular weight excluding hydrogens is 254 g/mol. The molecule has 4 nitrogen and oxygen atoms in total. The average molecular weight is 268 g/mol. The van der Waals surface area contributed by atoms with E-state index in [9.17, 15) is 0 Å². The van der Waals surface area contributed by atoms with Crippen LogP contribution in [-0.4, -0.2) is 25.1 Å². The fourth-order valence-corrected chi connectivity index (χ4v) is 1.90. The zero-order valence-electron chi connectivity index (χ0n) is 10.3. The van der Waals surface area contributed by atoms with Gasteiger partial charge in [-0.3, -0.25) is 0 Å². The van der Waals surface area contributed by atoms with Gasteiger partial charge in [0.2, 0.25) is 0 Å². The molecule has 1 fully saturated rings. The van der Waals surface area contributed by atoms with Crippen LogP contribution in [0.3, 0.4) is 0 Å². The number of nitriles is 1. The van der Waals surface area contributed by atoms with Crippen LogP contribution in [0.5, 0.6) is 5.75 Å². The van der Waals surface area contributed by atoms with Crippen LogP contribution in [-0.2, 0) is 9.47 Å². The molecule has 1 saturated heterocycles. The van der Waals surface area contributed by atoms with Crippen molar-refractivity contribution in [2.24, 2.45) is 0 Å². The summed E-state index contributed by atoms with van der Waals surface area (Å²) in [6.07, 6.45) is -0.134. The summed E-state index contributed by atoms with van der Waals surface area (Å²) in [6.45, 7) is 4.52. The Kier molecular flexibility index (Phi) is 3.76. The standard InChI is InChI=1S/C13H14ClNO3/c1-13(2)17-8-11(18-13)7-16-12-5-10(14)4-3-9(12)6-15/h3-5,11H,7-8H2,1-2H3/t11-/m0/s1. The van der Waals surface area contributed by atoms with Crippen molar-refractivity contribution in [2.75, 3.05) is 13.2 Å². The average Bonchev–Trinajstić information content (AvgIpc) is 2.66. The van der Waals surface area contributed by atoms with Crippen LogP contribution in [0, 0.1) is 11.3 Å². The topological polar surface area (TPSA) is 51.5 Å². The number of rotatable bonds is 3. The van der Waals surface area contributed by atoms with Gasteiger partial charge >= 0.3 is 0 Å². The Bertz CT molecular complexity index is 482. The summed E-state index contributed by atoms with van der Waals surface area (Å²) < 4.78 is 16.6. The van der Waals surface area contributed by atoms with Gasteiger partial charge in [0.1, 0.15) is 24.5 Å². The summed E-state index contributed by atoms with van der Waals surface area (Å²) in [4.78, 5) is 0. The van der Waals surface area contributed by atoms with E-state index in [-0.39, 0.29) is 6.10 Å². The molecule has 0 spiro atoms. The Hall–Kier alpha value is -1.28. The molecule has 0 bridgehead atoms. The third-order valence-corrected chi connectivity index (χ3v) is 2.79. The van der Waals surface area contributed by atoms with Crippen LogP contribution in [0.25, 0.3) is 0 Å². The molecular formula is C13H14ClNO3. The summed E-state index contributed by atoms with van der Waals surface area (Å²) in [6, 6.07) is 6.98. The van der Waals surface area contributed by atoms with Crippen molar-refractivity contribution >= 4 is 11.6 Å². The van der Waals surface area contributed by atoms with Gasteiger partial charge in [-0.05, 0) is 26.0 Å². The second-order valence-corrected chi connectivity index (χ2v) is 4.95. The number of nitrogens with zero attached hydrogens (tertiary/aromatic N) is 1. The van der Waals surface area contributed by atoms with Gasteiger partial charge in [0.15, 0.2) is 5.79 Å². The largest absolute Gasteiger partial charge is 0.489 e. The number of benzene rings is 1. The molecule has 1 aliphatic rings. The predicted molar refractivity (Wildman–Crippen MR) is 66.6 cm³/mol. The Morgan fingerprint density at radius 3 is 2.94 bits per heavy atom.